The number of aromatic carboxylic acids is 1. The van der Waals surface area contributed by atoms with Crippen LogP contribution in [0.1, 0.15) is 52.5 Å². The lowest BCUT2D eigenvalue weighted by Gasteiger charge is -2.31. The zero-order valence-corrected chi connectivity index (χ0v) is 23.0. The number of hydrogen-bond donors (Lipinski definition) is 1. The zero-order chi connectivity index (χ0) is 29.0. The molecule has 1 aliphatic carbocycles. The van der Waals surface area contributed by atoms with Gasteiger partial charge in [0.2, 0.25) is 5.91 Å². The predicted molar refractivity (Wildman–Crippen MR) is 141 cm³/mol. The van der Waals surface area contributed by atoms with E-state index < -0.39 is 33.5 Å². The molecule has 1 fully saturated rings. The van der Waals surface area contributed by atoms with Crippen molar-refractivity contribution in [2.24, 2.45) is 5.92 Å². The van der Waals surface area contributed by atoms with Crippen molar-refractivity contribution in [3.63, 3.8) is 0 Å². The molecular weight excluding hydrogens is 594 g/mol. The Morgan fingerprint density at radius 3 is 2.33 bits per heavy atom. The van der Waals surface area contributed by atoms with Gasteiger partial charge in [-0.2, -0.15) is 30.8 Å². The van der Waals surface area contributed by atoms with Gasteiger partial charge < -0.3 is 10.0 Å². The molecule has 1 amide bonds. The average molecular weight is 616 g/mol. The third-order valence-electron chi connectivity index (χ3n) is 7.42. The number of carbonyl (C=O) groups excluding carboxylic acids is 1. The van der Waals surface area contributed by atoms with Gasteiger partial charge in [-0.1, -0.05) is 35.3 Å². The van der Waals surface area contributed by atoms with Crippen LogP contribution in [0.2, 0.25) is 10.0 Å². The van der Waals surface area contributed by atoms with Gasteiger partial charge >= 0.3 is 21.5 Å². The maximum absolute atomic E-state index is 13.4. The third kappa shape index (κ3) is 4.97. The normalized spacial score (nSPS) is 19.6. The van der Waals surface area contributed by atoms with E-state index in [1.807, 2.05) is 0 Å². The Bertz CT molecular complexity index is 1580. The molecule has 0 spiro atoms. The Morgan fingerprint density at radius 2 is 1.73 bits per heavy atom. The highest BCUT2D eigenvalue weighted by molar-refractivity contribution is 7.90. The van der Waals surface area contributed by atoms with Gasteiger partial charge in [-0.3, -0.25) is 4.79 Å². The van der Waals surface area contributed by atoms with E-state index in [0.29, 0.717) is 58.1 Å². The van der Waals surface area contributed by atoms with Crippen LogP contribution < -0.4 is 0 Å². The number of rotatable bonds is 6. The lowest BCUT2D eigenvalue weighted by molar-refractivity contribution is -0.133. The van der Waals surface area contributed by atoms with Crippen LogP contribution in [-0.2, 0) is 27.7 Å². The maximum Gasteiger partial charge on any atom is 0.518 e. The van der Waals surface area contributed by atoms with Crippen LogP contribution in [0.5, 0.6) is 0 Å². The molecule has 2 heterocycles. The van der Waals surface area contributed by atoms with Gasteiger partial charge in [0.25, 0.3) is 0 Å². The number of fused-ring (bicyclic) bond motifs is 1. The number of benzene rings is 2. The molecule has 2 aromatic carbocycles. The molecule has 5 rings (SSSR count). The number of carboxylic acid groups (broad SMARTS) is 1. The summed E-state index contributed by atoms with van der Waals surface area (Å²) in [6.45, 7) is 0.341. The van der Waals surface area contributed by atoms with E-state index in [4.69, 9.17) is 28.3 Å². The first-order valence-corrected chi connectivity index (χ1v) is 14.5. The second-order valence-corrected chi connectivity index (χ2v) is 12.3. The number of nitrogens with zero attached hydrogens (tertiary/aromatic N) is 3. The van der Waals surface area contributed by atoms with E-state index in [2.05, 4.69) is 5.10 Å². The van der Waals surface area contributed by atoms with E-state index in [9.17, 15) is 31.2 Å². The van der Waals surface area contributed by atoms with Gasteiger partial charge in [0.15, 0.2) is 0 Å². The summed E-state index contributed by atoms with van der Waals surface area (Å²) in [5.41, 5.74) is -3.14. The van der Waals surface area contributed by atoms with Crippen LogP contribution in [0, 0.1) is 5.92 Å². The molecule has 1 aliphatic heterocycles. The Hall–Kier alpha value is -3.09. The minimum Gasteiger partial charge on any atom is -0.478 e. The van der Waals surface area contributed by atoms with Crippen LogP contribution in [0.25, 0.3) is 11.1 Å². The second kappa shape index (κ2) is 10.4. The average Bonchev–Trinajstić information content (AvgIpc) is 3.49. The predicted octanol–water partition coefficient (Wildman–Crippen LogP) is 5.72. The van der Waals surface area contributed by atoms with E-state index in [-0.39, 0.29) is 34.1 Å². The van der Waals surface area contributed by atoms with Crippen LogP contribution in [0.15, 0.2) is 42.6 Å². The largest absolute Gasteiger partial charge is 0.518 e. The Kier molecular flexibility index (Phi) is 7.38. The molecule has 212 valence electrons. The summed E-state index contributed by atoms with van der Waals surface area (Å²) in [4.78, 5) is 26.1. The number of carboxylic acids is 1. The van der Waals surface area contributed by atoms with Gasteiger partial charge in [-0.05, 0) is 73.1 Å². The summed E-state index contributed by atoms with van der Waals surface area (Å²) in [6.07, 6.45) is 2.79. The van der Waals surface area contributed by atoms with Crippen LogP contribution >= 0.6 is 23.2 Å². The Morgan fingerprint density at radius 1 is 1.07 bits per heavy atom. The van der Waals surface area contributed by atoms with E-state index >= 15 is 0 Å². The van der Waals surface area contributed by atoms with Crippen molar-refractivity contribution >= 4 is 45.1 Å². The SMILES string of the molecule is O=C(O)c1ccc(-c2cc(Cl)c(CC3CCN([C@@H]4CCCc5c4cnn5S(=O)(=O)C(F)(F)F)C3=O)c(Cl)c2)cc1. The summed E-state index contributed by atoms with van der Waals surface area (Å²) in [5, 5.41) is 13.3. The summed E-state index contributed by atoms with van der Waals surface area (Å²) in [5.74, 6) is -1.74. The summed E-state index contributed by atoms with van der Waals surface area (Å²) >= 11 is 13.1. The zero-order valence-electron chi connectivity index (χ0n) is 20.7. The third-order valence-corrected chi connectivity index (χ3v) is 9.45. The Balaban J connectivity index is 1.35. The quantitative estimate of drug-likeness (QED) is 0.380. The van der Waals surface area contributed by atoms with Gasteiger partial charge in [-0.15, -0.1) is 0 Å². The molecule has 0 saturated carbocycles. The van der Waals surface area contributed by atoms with Crippen molar-refractivity contribution < 1.29 is 36.3 Å². The highest BCUT2D eigenvalue weighted by Crippen LogP contribution is 2.41. The number of aromatic nitrogens is 2. The van der Waals surface area contributed by atoms with Crippen LogP contribution in [0.4, 0.5) is 13.2 Å². The molecular formula is C26H22Cl2F3N3O5S. The molecule has 0 bridgehead atoms. The second-order valence-electron chi connectivity index (χ2n) is 9.77. The molecule has 40 heavy (non-hydrogen) atoms. The number of hydrogen-bond acceptors (Lipinski definition) is 5. The van der Waals surface area contributed by atoms with Gasteiger partial charge in [0, 0.05) is 28.1 Å². The first-order valence-electron chi connectivity index (χ1n) is 12.3. The molecule has 1 saturated heterocycles. The maximum atomic E-state index is 13.4. The van der Waals surface area contributed by atoms with Crippen LogP contribution in [-0.4, -0.2) is 51.5 Å². The standard InChI is InChI=1S/C26H22Cl2F3N3O5S/c27-20-11-17(14-4-6-15(7-5-14)25(36)37)12-21(28)18(20)10-16-8-9-33(24(16)35)22-2-1-3-23-19(22)13-32-34(23)40(38,39)26(29,30)31/h4-7,11-13,16,22H,1-3,8-10H2,(H,36,37)/t16?,22-/m1/s1. The number of likely N-dealkylation sites (tertiary alicyclic amines) is 1. The van der Waals surface area contributed by atoms with Gasteiger partial charge in [0.1, 0.15) is 0 Å². The first-order chi connectivity index (χ1) is 18.8. The molecule has 2 aliphatic rings. The van der Waals surface area contributed by atoms with Crippen molar-refractivity contribution in [3.8, 4) is 11.1 Å². The van der Waals surface area contributed by atoms with E-state index in [1.54, 1.807) is 29.2 Å². The number of amides is 1. The fourth-order valence-corrected chi connectivity index (χ4v) is 6.91. The minimum atomic E-state index is -5.68. The minimum absolute atomic E-state index is 0.0445. The van der Waals surface area contributed by atoms with Gasteiger partial charge in [-0.25, -0.2) is 4.79 Å². The van der Waals surface area contributed by atoms with Crippen molar-refractivity contribution in [3.05, 3.63) is 75.0 Å². The number of halogens is 5. The van der Waals surface area contributed by atoms with Gasteiger partial charge in [0.05, 0.1) is 23.5 Å². The van der Waals surface area contributed by atoms with E-state index in [1.165, 1.54) is 12.1 Å². The van der Waals surface area contributed by atoms with Crippen molar-refractivity contribution in [2.75, 3.05) is 6.54 Å². The smallest absolute Gasteiger partial charge is 0.478 e. The fraction of sp³-hybridized carbons (Fsp3) is 0.346. The lowest BCUT2D eigenvalue weighted by atomic mass is 9.91. The number of alkyl halides is 3. The van der Waals surface area contributed by atoms with Crippen molar-refractivity contribution in [2.45, 2.75) is 43.7 Å². The van der Waals surface area contributed by atoms with Crippen LogP contribution in [0.3, 0.4) is 0 Å². The molecule has 1 N–H and O–H groups in total. The molecule has 1 aromatic heterocycles. The topological polar surface area (TPSA) is 110 Å². The molecule has 14 heteroatoms. The molecule has 1 unspecified atom stereocenters. The Labute approximate surface area is 237 Å². The summed E-state index contributed by atoms with van der Waals surface area (Å²) < 4.78 is 63.5. The highest BCUT2D eigenvalue weighted by atomic mass is 35.5. The molecule has 2 atom stereocenters. The van der Waals surface area contributed by atoms with Crippen molar-refractivity contribution in [1.29, 1.82) is 0 Å². The highest BCUT2D eigenvalue weighted by Gasteiger charge is 2.50. The summed E-state index contributed by atoms with van der Waals surface area (Å²) in [6, 6.07) is 9.03. The lowest BCUT2D eigenvalue weighted by Crippen LogP contribution is -2.36. The summed E-state index contributed by atoms with van der Waals surface area (Å²) in [7, 11) is -5.68. The molecule has 8 nitrogen and oxygen atoms in total. The molecule has 0 radical (unpaired) electrons. The fourth-order valence-electron chi connectivity index (χ4n) is 5.41. The van der Waals surface area contributed by atoms with Crippen molar-refractivity contribution in [1.82, 2.24) is 14.1 Å². The molecule has 3 aromatic rings. The monoisotopic (exact) mass is 615 g/mol. The first kappa shape index (κ1) is 28.4. The number of carbonyl (C=O) groups is 2. The van der Waals surface area contributed by atoms with E-state index in [0.717, 1.165) is 6.20 Å².